The van der Waals surface area contributed by atoms with Crippen molar-refractivity contribution in [3.05, 3.63) is 23.2 Å². The van der Waals surface area contributed by atoms with Crippen LogP contribution < -0.4 is 11.1 Å². The van der Waals surface area contributed by atoms with Gasteiger partial charge in [0.15, 0.2) is 0 Å². The Morgan fingerprint density at radius 3 is 2.90 bits per heavy atom. The van der Waals surface area contributed by atoms with Gasteiger partial charge in [-0.25, -0.2) is 0 Å². The predicted molar refractivity (Wildman–Crippen MR) is 78.9 cm³/mol. The molecule has 6 heteroatoms. The fourth-order valence-corrected chi connectivity index (χ4v) is 2.17. The third-order valence-corrected chi connectivity index (χ3v) is 3.55. The van der Waals surface area contributed by atoms with E-state index < -0.39 is 0 Å². The number of nitrogens with one attached hydrogen (secondary N) is 1. The maximum absolute atomic E-state index is 11.7. The van der Waals surface area contributed by atoms with E-state index in [4.69, 9.17) is 26.8 Å². The van der Waals surface area contributed by atoms with E-state index in [9.17, 15) is 4.79 Å². The zero-order valence-electron chi connectivity index (χ0n) is 11.2. The van der Waals surface area contributed by atoms with Crippen LogP contribution in [-0.4, -0.2) is 32.3 Å². The van der Waals surface area contributed by atoms with Crippen LogP contribution in [0.2, 0.25) is 5.02 Å². The molecule has 1 aromatic rings. The lowest BCUT2D eigenvalue weighted by Crippen LogP contribution is -2.24. The van der Waals surface area contributed by atoms with Crippen molar-refractivity contribution in [2.75, 3.05) is 37.5 Å². The number of carbonyl (C=O) groups is 1. The van der Waals surface area contributed by atoms with E-state index in [1.165, 1.54) is 0 Å². The first-order valence-electron chi connectivity index (χ1n) is 6.65. The van der Waals surface area contributed by atoms with E-state index in [0.29, 0.717) is 28.9 Å². The first kappa shape index (κ1) is 15.1. The van der Waals surface area contributed by atoms with Gasteiger partial charge >= 0.3 is 0 Å². The van der Waals surface area contributed by atoms with Crippen molar-refractivity contribution < 1.29 is 14.3 Å². The Balaban J connectivity index is 1.70. The Hall–Kier alpha value is -1.30. The molecule has 1 aliphatic rings. The van der Waals surface area contributed by atoms with Crippen molar-refractivity contribution >= 4 is 28.9 Å². The van der Waals surface area contributed by atoms with Crippen molar-refractivity contribution in [3.63, 3.8) is 0 Å². The number of hydrogen-bond acceptors (Lipinski definition) is 4. The topological polar surface area (TPSA) is 73.6 Å². The number of rotatable bonds is 5. The Kier molecular flexibility index (Phi) is 5.64. The molecule has 1 heterocycles. The normalized spacial score (nSPS) is 16.1. The van der Waals surface area contributed by atoms with Crippen LogP contribution in [0.15, 0.2) is 18.2 Å². The van der Waals surface area contributed by atoms with Gasteiger partial charge < -0.3 is 20.5 Å². The van der Waals surface area contributed by atoms with Crippen LogP contribution in [0, 0.1) is 5.92 Å². The van der Waals surface area contributed by atoms with E-state index in [1.807, 2.05) is 0 Å². The van der Waals surface area contributed by atoms with E-state index in [1.54, 1.807) is 18.2 Å². The summed E-state index contributed by atoms with van der Waals surface area (Å²) in [5, 5.41) is 3.19. The molecule has 1 amide bonds. The second kappa shape index (κ2) is 7.47. The molecule has 20 heavy (non-hydrogen) atoms. The molecule has 2 rings (SSSR count). The Labute approximate surface area is 123 Å². The van der Waals surface area contributed by atoms with Gasteiger partial charge in [0.25, 0.3) is 0 Å². The standard InChI is InChI=1S/C14H19ClN2O3/c15-12-2-1-11(7-13(12)16)17-14(18)9-20-8-10-3-5-19-6-4-10/h1-2,7,10H,3-6,8-9,16H2,(H,17,18). The van der Waals surface area contributed by atoms with Crippen molar-refractivity contribution in [1.29, 1.82) is 0 Å². The van der Waals surface area contributed by atoms with E-state index in [2.05, 4.69) is 5.32 Å². The van der Waals surface area contributed by atoms with Gasteiger partial charge in [-0.1, -0.05) is 11.6 Å². The van der Waals surface area contributed by atoms with E-state index in [-0.39, 0.29) is 12.5 Å². The molecule has 0 radical (unpaired) electrons. The number of nitrogens with two attached hydrogens (primary N) is 1. The average Bonchev–Trinajstić information content (AvgIpc) is 2.44. The number of halogens is 1. The molecule has 1 aliphatic heterocycles. The minimum absolute atomic E-state index is 0.0416. The number of ether oxygens (including phenoxy) is 2. The summed E-state index contributed by atoms with van der Waals surface area (Å²) in [6.45, 7) is 2.20. The lowest BCUT2D eigenvalue weighted by atomic mass is 10.0. The van der Waals surface area contributed by atoms with Gasteiger partial charge in [-0.3, -0.25) is 4.79 Å². The summed E-state index contributed by atoms with van der Waals surface area (Å²) in [6.07, 6.45) is 1.99. The Bertz CT molecular complexity index is 462. The van der Waals surface area contributed by atoms with Gasteiger partial charge in [0.2, 0.25) is 5.91 Å². The highest BCUT2D eigenvalue weighted by molar-refractivity contribution is 6.33. The predicted octanol–water partition coefficient (Wildman–Crippen LogP) is 2.30. The third kappa shape index (κ3) is 4.67. The van der Waals surface area contributed by atoms with Crippen molar-refractivity contribution in [3.8, 4) is 0 Å². The fourth-order valence-electron chi connectivity index (χ4n) is 2.05. The minimum atomic E-state index is -0.196. The van der Waals surface area contributed by atoms with Gasteiger partial charge in [0.05, 0.1) is 17.3 Å². The first-order chi connectivity index (χ1) is 9.65. The zero-order valence-corrected chi connectivity index (χ0v) is 12.0. The molecule has 110 valence electrons. The van der Waals surface area contributed by atoms with Crippen molar-refractivity contribution in [1.82, 2.24) is 0 Å². The molecule has 1 aromatic carbocycles. The number of benzene rings is 1. The van der Waals surface area contributed by atoms with Gasteiger partial charge in [-0.2, -0.15) is 0 Å². The summed E-state index contributed by atoms with van der Waals surface area (Å²) in [4.78, 5) is 11.7. The average molecular weight is 299 g/mol. The van der Waals surface area contributed by atoms with E-state index in [0.717, 1.165) is 26.1 Å². The number of amides is 1. The minimum Gasteiger partial charge on any atom is -0.397 e. The molecule has 0 unspecified atom stereocenters. The summed E-state index contributed by atoms with van der Waals surface area (Å²) in [6, 6.07) is 4.98. The number of nitrogen functional groups attached to an aromatic ring is 1. The highest BCUT2D eigenvalue weighted by atomic mass is 35.5. The van der Waals surface area contributed by atoms with Crippen LogP contribution >= 0.6 is 11.6 Å². The molecule has 3 N–H and O–H groups in total. The molecule has 5 nitrogen and oxygen atoms in total. The maximum atomic E-state index is 11.7. The van der Waals surface area contributed by atoms with Crippen LogP contribution in [0.5, 0.6) is 0 Å². The zero-order chi connectivity index (χ0) is 14.4. The maximum Gasteiger partial charge on any atom is 0.250 e. The largest absolute Gasteiger partial charge is 0.397 e. The SMILES string of the molecule is Nc1cc(NC(=O)COCC2CCOCC2)ccc1Cl. The second-order valence-electron chi connectivity index (χ2n) is 4.86. The van der Waals surface area contributed by atoms with E-state index >= 15 is 0 Å². The van der Waals surface area contributed by atoms with Crippen LogP contribution in [0.3, 0.4) is 0 Å². The summed E-state index contributed by atoms with van der Waals surface area (Å²) in [7, 11) is 0. The number of carbonyl (C=O) groups excluding carboxylic acids is 1. The summed E-state index contributed by atoms with van der Waals surface area (Å²) >= 11 is 5.81. The lowest BCUT2D eigenvalue weighted by molar-refractivity contribution is -0.121. The lowest BCUT2D eigenvalue weighted by Gasteiger charge is -2.21. The van der Waals surface area contributed by atoms with Crippen molar-refractivity contribution in [2.45, 2.75) is 12.8 Å². The molecule has 0 atom stereocenters. The summed E-state index contributed by atoms with van der Waals surface area (Å²) in [5.41, 5.74) is 6.72. The van der Waals surface area contributed by atoms with Gasteiger partial charge in [-0.05, 0) is 37.0 Å². The molecular weight excluding hydrogens is 280 g/mol. The molecule has 0 saturated carbocycles. The van der Waals surface area contributed by atoms with Crippen molar-refractivity contribution in [2.24, 2.45) is 5.92 Å². The molecule has 1 fully saturated rings. The molecule has 0 bridgehead atoms. The number of anilines is 2. The van der Waals surface area contributed by atoms with Gasteiger partial charge in [0, 0.05) is 18.9 Å². The Morgan fingerprint density at radius 2 is 2.20 bits per heavy atom. The smallest absolute Gasteiger partial charge is 0.250 e. The summed E-state index contributed by atoms with van der Waals surface area (Å²) in [5.74, 6) is 0.293. The highest BCUT2D eigenvalue weighted by Gasteiger charge is 2.14. The fraction of sp³-hybridized carbons (Fsp3) is 0.500. The molecule has 0 spiro atoms. The van der Waals surface area contributed by atoms with Crippen LogP contribution in [0.4, 0.5) is 11.4 Å². The quantitative estimate of drug-likeness (QED) is 0.818. The summed E-state index contributed by atoms with van der Waals surface area (Å²) < 4.78 is 10.7. The Morgan fingerprint density at radius 1 is 1.45 bits per heavy atom. The third-order valence-electron chi connectivity index (χ3n) is 3.21. The van der Waals surface area contributed by atoms with Crippen LogP contribution in [0.1, 0.15) is 12.8 Å². The number of hydrogen-bond donors (Lipinski definition) is 2. The molecule has 0 aliphatic carbocycles. The van der Waals surface area contributed by atoms with Crippen LogP contribution in [0.25, 0.3) is 0 Å². The van der Waals surface area contributed by atoms with Crippen LogP contribution in [-0.2, 0) is 14.3 Å². The highest BCUT2D eigenvalue weighted by Crippen LogP contribution is 2.22. The van der Waals surface area contributed by atoms with Gasteiger partial charge in [-0.15, -0.1) is 0 Å². The monoisotopic (exact) mass is 298 g/mol. The second-order valence-corrected chi connectivity index (χ2v) is 5.26. The molecular formula is C14H19ClN2O3. The molecule has 1 saturated heterocycles. The first-order valence-corrected chi connectivity index (χ1v) is 7.03. The van der Waals surface area contributed by atoms with Gasteiger partial charge in [0.1, 0.15) is 6.61 Å². The molecule has 0 aromatic heterocycles.